The van der Waals surface area contributed by atoms with Crippen molar-refractivity contribution in [3.8, 4) is 0 Å². The van der Waals surface area contributed by atoms with Crippen LogP contribution in [-0.4, -0.2) is 29.5 Å². The molecule has 0 aliphatic carbocycles. The van der Waals surface area contributed by atoms with Crippen LogP contribution >= 0.6 is 0 Å². The van der Waals surface area contributed by atoms with Crippen LogP contribution in [0.15, 0.2) is 0 Å². The minimum Gasteiger partial charge on any atom is -0.465 e. The number of carboxylic acid groups (broad SMARTS) is 1. The van der Waals surface area contributed by atoms with E-state index in [4.69, 9.17) is 5.11 Å². The molecule has 0 saturated carbocycles. The van der Waals surface area contributed by atoms with Crippen LogP contribution in [0.3, 0.4) is 0 Å². The Morgan fingerprint density at radius 1 is 1.69 bits per heavy atom. The molecule has 0 aliphatic rings. The van der Waals surface area contributed by atoms with E-state index >= 15 is 0 Å². The Hall–Kier alpha value is -1.20. The Labute approximate surface area is 73.9 Å². The molecule has 0 radical (unpaired) electrons. The summed E-state index contributed by atoms with van der Waals surface area (Å²) in [6.45, 7) is 0.718. The largest absolute Gasteiger partial charge is 0.465 e. The summed E-state index contributed by atoms with van der Waals surface area (Å²) in [7, 11) is 0. The lowest BCUT2D eigenvalue weighted by atomic mass is 10.1. The van der Waals surface area contributed by atoms with Crippen LogP contribution in [0.5, 0.6) is 0 Å². The highest BCUT2D eigenvalue weighted by atomic mass is 19.3. The predicted octanol–water partition coefficient (Wildman–Crippen LogP) is 1.26. The number of hydrogen-bond donors (Lipinski definition) is 2. The van der Waals surface area contributed by atoms with E-state index in [1.165, 1.54) is 0 Å². The molecule has 0 heterocycles. The second-order valence-electron chi connectivity index (χ2n) is 2.80. The van der Waals surface area contributed by atoms with Gasteiger partial charge in [-0.05, 0) is 13.3 Å². The first kappa shape index (κ1) is 11.8. The van der Waals surface area contributed by atoms with E-state index in [9.17, 15) is 18.4 Å². The van der Waals surface area contributed by atoms with Crippen molar-refractivity contribution in [2.45, 2.75) is 31.7 Å². The van der Waals surface area contributed by atoms with Gasteiger partial charge in [0, 0.05) is 6.42 Å². The third-order valence-electron chi connectivity index (χ3n) is 1.37. The highest BCUT2D eigenvalue weighted by molar-refractivity contribution is 5.71. The van der Waals surface area contributed by atoms with Gasteiger partial charge in [0.2, 0.25) is 5.92 Å². The maximum Gasteiger partial charge on any atom is 0.405 e. The number of amides is 1. The van der Waals surface area contributed by atoms with Gasteiger partial charge in [-0.3, -0.25) is 0 Å². The molecule has 76 valence electrons. The highest BCUT2D eigenvalue weighted by Crippen LogP contribution is 2.19. The molecule has 1 atom stereocenters. The fraction of sp³-hybridized carbons (Fsp3) is 0.714. The Bertz CT molecular complexity index is 191. The van der Waals surface area contributed by atoms with Crippen molar-refractivity contribution in [3.63, 3.8) is 0 Å². The van der Waals surface area contributed by atoms with Crippen molar-refractivity contribution in [2.24, 2.45) is 0 Å². The zero-order chi connectivity index (χ0) is 10.5. The van der Waals surface area contributed by atoms with Gasteiger partial charge in [0.25, 0.3) is 0 Å². The summed E-state index contributed by atoms with van der Waals surface area (Å²) in [6.07, 6.45) is -1.80. The van der Waals surface area contributed by atoms with Crippen LogP contribution in [0, 0.1) is 0 Å². The fourth-order valence-electron chi connectivity index (χ4n) is 0.742. The molecule has 6 heteroatoms. The van der Waals surface area contributed by atoms with Crippen molar-refractivity contribution in [1.29, 1.82) is 0 Å². The minimum atomic E-state index is -2.87. The van der Waals surface area contributed by atoms with Crippen molar-refractivity contribution >= 4 is 12.4 Å². The molecule has 2 N–H and O–H groups in total. The first-order valence-corrected chi connectivity index (χ1v) is 3.68. The summed E-state index contributed by atoms with van der Waals surface area (Å²) in [5.74, 6) is -2.87. The van der Waals surface area contributed by atoms with Crippen molar-refractivity contribution < 1.29 is 23.5 Å². The van der Waals surface area contributed by atoms with Gasteiger partial charge < -0.3 is 15.2 Å². The Morgan fingerprint density at radius 2 is 2.23 bits per heavy atom. The molecule has 0 spiro atoms. The van der Waals surface area contributed by atoms with Crippen LogP contribution in [0.25, 0.3) is 0 Å². The number of nitrogens with one attached hydrogen (secondary N) is 1. The predicted molar refractivity (Wildman–Crippen MR) is 40.9 cm³/mol. The second kappa shape index (κ2) is 4.74. The van der Waals surface area contributed by atoms with Gasteiger partial charge in [-0.1, -0.05) is 0 Å². The van der Waals surface area contributed by atoms with Crippen LogP contribution in [-0.2, 0) is 4.79 Å². The molecular weight excluding hydrogens is 184 g/mol. The zero-order valence-corrected chi connectivity index (χ0v) is 7.09. The van der Waals surface area contributed by atoms with Gasteiger partial charge in [-0.25, -0.2) is 13.6 Å². The number of carbonyl (C=O) groups excluding carboxylic acids is 1. The van der Waals surface area contributed by atoms with Gasteiger partial charge in [-0.15, -0.1) is 0 Å². The molecule has 0 aromatic heterocycles. The molecule has 0 fully saturated rings. The third kappa shape index (κ3) is 7.17. The standard InChI is InChI=1S/C7H11F2NO3/c1-7(8,9)3-2-5(4-11)10-6(12)13/h4-5,10H,2-3H2,1H3,(H,12,13). The molecular formula is C7H11F2NO3. The van der Waals surface area contributed by atoms with E-state index in [-0.39, 0.29) is 6.42 Å². The maximum absolute atomic E-state index is 12.3. The second-order valence-corrected chi connectivity index (χ2v) is 2.80. The molecule has 4 nitrogen and oxygen atoms in total. The van der Waals surface area contributed by atoms with Crippen LogP contribution in [0.1, 0.15) is 19.8 Å². The highest BCUT2D eigenvalue weighted by Gasteiger charge is 2.23. The van der Waals surface area contributed by atoms with Crippen molar-refractivity contribution in [1.82, 2.24) is 5.32 Å². The van der Waals surface area contributed by atoms with Gasteiger partial charge in [0.05, 0.1) is 6.04 Å². The normalized spacial score (nSPS) is 13.5. The summed E-state index contributed by atoms with van der Waals surface area (Å²) in [4.78, 5) is 20.2. The number of halogens is 2. The molecule has 1 unspecified atom stereocenters. The number of rotatable bonds is 5. The molecule has 1 amide bonds. The number of aldehydes is 1. The van der Waals surface area contributed by atoms with Gasteiger partial charge >= 0.3 is 6.09 Å². The van der Waals surface area contributed by atoms with Crippen LogP contribution in [0.4, 0.5) is 13.6 Å². The van der Waals surface area contributed by atoms with Gasteiger partial charge in [-0.2, -0.15) is 0 Å². The summed E-state index contributed by atoms with van der Waals surface area (Å²) in [6, 6.07) is -1.05. The molecule has 0 aromatic rings. The van der Waals surface area contributed by atoms with Crippen LogP contribution in [0.2, 0.25) is 0 Å². The molecule has 0 aromatic carbocycles. The van der Waals surface area contributed by atoms with Gasteiger partial charge in [0.15, 0.2) is 0 Å². The topological polar surface area (TPSA) is 66.4 Å². The summed E-state index contributed by atoms with van der Waals surface area (Å²) < 4.78 is 24.5. The average Bonchev–Trinajstić information content (AvgIpc) is 1.95. The smallest absolute Gasteiger partial charge is 0.405 e. The monoisotopic (exact) mass is 195 g/mol. The van der Waals surface area contributed by atoms with Crippen molar-refractivity contribution in [3.05, 3.63) is 0 Å². The molecule has 0 aliphatic heterocycles. The summed E-state index contributed by atoms with van der Waals surface area (Å²) >= 11 is 0. The number of hydrogen-bond acceptors (Lipinski definition) is 2. The number of alkyl halides is 2. The first-order chi connectivity index (χ1) is 5.85. The maximum atomic E-state index is 12.3. The van der Waals surface area contributed by atoms with Crippen molar-refractivity contribution in [2.75, 3.05) is 0 Å². The van der Waals surface area contributed by atoms with E-state index in [2.05, 4.69) is 0 Å². The molecule has 13 heavy (non-hydrogen) atoms. The summed E-state index contributed by atoms with van der Waals surface area (Å²) in [5, 5.41) is 10.0. The summed E-state index contributed by atoms with van der Waals surface area (Å²) in [5.41, 5.74) is 0. The number of carbonyl (C=O) groups is 2. The third-order valence-corrected chi connectivity index (χ3v) is 1.37. The lowest BCUT2D eigenvalue weighted by Gasteiger charge is -2.13. The molecule has 0 rings (SSSR count). The van der Waals surface area contributed by atoms with E-state index in [1.807, 2.05) is 5.32 Å². The van der Waals surface area contributed by atoms with Gasteiger partial charge in [0.1, 0.15) is 6.29 Å². The fourth-order valence-corrected chi connectivity index (χ4v) is 0.742. The van der Waals surface area contributed by atoms with Crippen LogP contribution < -0.4 is 5.32 Å². The molecule has 0 bridgehead atoms. The first-order valence-electron chi connectivity index (χ1n) is 3.68. The minimum absolute atomic E-state index is 0.195. The lowest BCUT2D eigenvalue weighted by molar-refractivity contribution is -0.110. The zero-order valence-electron chi connectivity index (χ0n) is 7.09. The Morgan fingerprint density at radius 3 is 2.54 bits per heavy atom. The average molecular weight is 195 g/mol. The van der Waals surface area contributed by atoms with E-state index < -0.39 is 24.5 Å². The quantitative estimate of drug-likeness (QED) is 0.649. The molecule has 0 saturated heterocycles. The Balaban J connectivity index is 3.86. The van der Waals surface area contributed by atoms with E-state index in [0.29, 0.717) is 6.29 Å². The Kier molecular flexibility index (Phi) is 4.30. The van der Waals surface area contributed by atoms with E-state index in [1.54, 1.807) is 0 Å². The lowest BCUT2D eigenvalue weighted by Crippen LogP contribution is -2.35. The van der Waals surface area contributed by atoms with E-state index in [0.717, 1.165) is 6.92 Å². The SMILES string of the molecule is CC(F)(F)CCC(C=O)NC(=O)O.